The van der Waals surface area contributed by atoms with Crippen LogP contribution in [0.4, 0.5) is 0 Å². The third-order valence-corrected chi connectivity index (χ3v) is 5.74. The second-order valence-electron chi connectivity index (χ2n) is 5.96. The van der Waals surface area contributed by atoms with E-state index in [1.807, 2.05) is 79.1 Å². The molecule has 128 valence electrons. The highest BCUT2D eigenvalue weighted by Gasteiger charge is 2.10. The Labute approximate surface area is 163 Å². The summed E-state index contributed by atoms with van der Waals surface area (Å²) in [5, 5.41) is 2.64. The molecule has 0 saturated heterocycles. The zero-order valence-corrected chi connectivity index (χ0v) is 16.4. The van der Waals surface area contributed by atoms with Gasteiger partial charge < -0.3 is 0 Å². The predicted molar refractivity (Wildman–Crippen MR) is 113 cm³/mol. The summed E-state index contributed by atoms with van der Waals surface area (Å²) in [5.41, 5.74) is 2.60. The van der Waals surface area contributed by atoms with Crippen molar-refractivity contribution in [2.45, 2.75) is 6.92 Å². The summed E-state index contributed by atoms with van der Waals surface area (Å²) in [6.45, 7) is 2.03. The van der Waals surface area contributed by atoms with E-state index in [9.17, 15) is 4.79 Å². The molecular weight excluding hydrogens is 408 g/mol. The van der Waals surface area contributed by atoms with Crippen LogP contribution in [0.15, 0.2) is 69.2 Å². The summed E-state index contributed by atoms with van der Waals surface area (Å²) in [6.07, 6.45) is 3.88. The van der Waals surface area contributed by atoms with E-state index in [2.05, 4.69) is 15.9 Å². The first-order chi connectivity index (χ1) is 12.6. The van der Waals surface area contributed by atoms with E-state index in [-0.39, 0.29) is 5.56 Å². The summed E-state index contributed by atoms with van der Waals surface area (Å²) in [5.74, 6) is 0.613. The van der Waals surface area contributed by atoms with Gasteiger partial charge >= 0.3 is 0 Å². The zero-order chi connectivity index (χ0) is 18.1. The molecule has 0 atom stereocenters. The van der Waals surface area contributed by atoms with Gasteiger partial charge in [-0.15, -0.1) is 11.3 Å². The Morgan fingerprint density at radius 2 is 1.85 bits per heavy atom. The molecular formula is C21H15BrN2OS. The van der Waals surface area contributed by atoms with E-state index in [0.29, 0.717) is 16.7 Å². The number of fused-ring (bicyclic) bond motifs is 1. The molecule has 4 rings (SSSR count). The van der Waals surface area contributed by atoms with Gasteiger partial charge in [-0.25, -0.2) is 4.98 Å². The molecule has 0 spiro atoms. The molecule has 5 heteroatoms. The highest BCUT2D eigenvalue weighted by Crippen LogP contribution is 2.22. The van der Waals surface area contributed by atoms with Crippen molar-refractivity contribution < 1.29 is 0 Å². The number of aromatic nitrogens is 2. The van der Waals surface area contributed by atoms with Crippen LogP contribution in [0.25, 0.3) is 28.7 Å². The Hall–Kier alpha value is -2.50. The lowest BCUT2D eigenvalue weighted by molar-refractivity contribution is 0.943. The monoisotopic (exact) mass is 422 g/mol. The van der Waals surface area contributed by atoms with Crippen molar-refractivity contribution >= 4 is 50.3 Å². The maximum Gasteiger partial charge on any atom is 0.266 e. The first-order valence-corrected chi connectivity index (χ1v) is 9.80. The lowest BCUT2D eigenvalue weighted by Crippen LogP contribution is -2.22. The van der Waals surface area contributed by atoms with E-state index in [4.69, 9.17) is 4.98 Å². The van der Waals surface area contributed by atoms with Gasteiger partial charge in [-0.05, 0) is 65.3 Å². The number of para-hydroxylation sites is 1. The van der Waals surface area contributed by atoms with Crippen LogP contribution >= 0.6 is 27.3 Å². The van der Waals surface area contributed by atoms with E-state index >= 15 is 0 Å². The quantitative estimate of drug-likeness (QED) is 0.425. The molecule has 0 amide bonds. The maximum absolute atomic E-state index is 13.1. The van der Waals surface area contributed by atoms with E-state index in [1.165, 1.54) is 0 Å². The molecule has 0 N–H and O–H groups in total. The SMILES string of the molecule is Cc1ccc(-n2c(C=Cc3cc(Br)cs3)nc3ccccc3c2=O)cc1. The summed E-state index contributed by atoms with van der Waals surface area (Å²) in [6, 6.07) is 17.4. The molecule has 2 aromatic carbocycles. The van der Waals surface area contributed by atoms with Crippen LogP contribution in [0.3, 0.4) is 0 Å². The molecule has 0 aliphatic rings. The molecule has 2 aromatic heterocycles. The Kier molecular flexibility index (Phi) is 4.57. The molecule has 26 heavy (non-hydrogen) atoms. The molecule has 0 aliphatic heterocycles. The number of halogens is 1. The van der Waals surface area contributed by atoms with Gasteiger partial charge in [0.15, 0.2) is 0 Å². The number of rotatable bonds is 3. The van der Waals surface area contributed by atoms with Gasteiger partial charge in [-0.2, -0.15) is 0 Å². The topological polar surface area (TPSA) is 34.9 Å². The van der Waals surface area contributed by atoms with Crippen molar-refractivity contribution in [3.8, 4) is 5.69 Å². The van der Waals surface area contributed by atoms with Gasteiger partial charge in [0, 0.05) is 14.7 Å². The largest absolute Gasteiger partial charge is 0.268 e. The minimum absolute atomic E-state index is 0.0635. The minimum Gasteiger partial charge on any atom is -0.268 e. The highest BCUT2D eigenvalue weighted by atomic mass is 79.9. The minimum atomic E-state index is -0.0635. The number of benzene rings is 2. The summed E-state index contributed by atoms with van der Waals surface area (Å²) >= 11 is 5.10. The van der Waals surface area contributed by atoms with Crippen molar-refractivity contribution in [1.82, 2.24) is 9.55 Å². The van der Waals surface area contributed by atoms with Gasteiger partial charge in [0.05, 0.1) is 16.6 Å². The molecule has 0 unspecified atom stereocenters. The van der Waals surface area contributed by atoms with Crippen LogP contribution in [-0.2, 0) is 0 Å². The molecule has 0 fully saturated rings. The molecule has 0 aliphatic carbocycles. The first-order valence-electron chi connectivity index (χ1n) is 8.13. The summed E-state index contributed by atoms with van der Waals surface area (Å²) in [4.78, 5) is 19.0. The molecule has 0 radical (unpaired) electrons. The normalized spacial score (nSPS) is 11.5. The number of hydrogen-bond donors (Lipinski definition) is 0. The lowest BCUT2D eigenvalue weighted by Gasteiger charge is -2.11. The molecule has 4 aromatic rings. The van der Waals surface area contributed by atoms with Crippen LogP contribution in [0.2, 0.25) is 0 Å². The van der Waals surface area contributed by atoms with Crippen LogP contribution in [0.1, 0.15) is 16.3 Å². The second-order valence-corrected chi connectivity index (χ2v) is 7.82. The third-order valence-electron chi connectivity index (χ3n) is 4.08. The number of hydrogen-bond acceptors (Lipinski definition) is 3. The fourth-order valence-corrected chi connectivity index (χ4v) is 4.11. The van der Waals surface area contributed by atoms with Crippen LogP contribution in [0, 0.1) is 6.92 Å². The van der Waals surface area contributed by atoms with Gasteiger partial charge in [0.25, 0.3) is 5.56 Å². The van der Waals surface area contributed by atoms with Crippen molar-refractivity contribution in [1.29, 1.82) is 0 Å². The van der Waals surface area contributed by atoms with E-state index < -0.39 is 0 Å². The Bertz CT molecular complexity index is 1170. The van der Waals surface area contributed by atoms with Crippen molar-refractivity contribution in [2.24, 2.45) is 0 Å². The van der Waals surface area contributed by atoms with Gasteiger partial charge in [0.1, 0.15) is 5.82 Å². The lowest BCUT2D eigenvalue weighted by atomic mass is 10.2. The molecule has 0 saturated carbocycles. The van der Waals surface area contributed by atoms with Crippen LogP contribution in [0.5, 0.6) is 0 Å². The van der Waals surface area contributed by atoms with Gasteiger partial charge in [0.2, 0.25) is 0 Å². The van der Waals surface area contributed by atoms with Gasteiger partial charge in [-0.1, -0.05) is 29.8 Å². The Morgan fingerprint density at radius 1 is 1.08 bits per heavy atom. The van der Waals surface area contributed by atoms with E-state index in [0.717, 1.165) is 20.6 Å². The van der Waals surface area contributed by atoms with Gasteiger partial charge in [-0.3, -0.25) is 9.36 Å². The molecule has 2 heterocycles. The standard InChI is InChI=1S/C21H15BrN2OS/c1-14-6-8-16(9-7-14)24-20(11-10-17-12-15(22)13-26-17)23-19-5-3-2-4-18(19)21(24)25/h2-13H,1H3. The molecule has 3 nitrogen and oxygen atoms in total. The van der Waals surface area contributed by atoms with E-state index in [1.54, 1.807) is 15.9 Å². The van der Waals surface area contributed by atoms with Crippen molar-refractivity contribution in [2.75, 3.05) is 0 Å². The average Bonchev–Trinajstić information content (AvgIpc) is 3.07. The smallest absolute Gasteiger partial charge is 0.266 e. The Balaban J connectivity index is 1.94. The predicted octanol–water partition coefficient (Wildman–Crippen LogP) is 5.69. The number of aryl methyl sites for hydroxylation is 1. The first kappa shape index (κ1) is 16.9. The highest BCUT2D eigenvalue weighted by molar-refractivity contribution is 9.10. The zero-order valence-electron chi connectivity index (χ0n) is 14.0. The number of nitrogens with zero attached hydrogens (tertiary/aromatic N) is 2. The maximum atomic E-state index is 13.1. The summed E-state index contributed by atoms with van der Waals surface area (Å²) < 4.78 is 2.71. The average molecular weight is 423 g/mol. The van der Waals surface area contributed by atoms with Crippen LogP contribution in [-0.4, -0.2) is 9.55 Å². The van der Waals surface area contributed by atoms with Crippen molar-refractivity contribution in [3.63, 3.8) is 0 Å². The fraction of sp³-hybridized carbons (Fsp3) is 0.0476. The van der Waals surface area contributed by atoms with Crippen molar-refractivity contribution in [3.05, 3.63) is 91.1 Å². The third kappa shape index (κ3) is 3.28. The molecule has 0 bridgehead atoms. The van der Waals surface area contributed by atoms with Crippen LogP contribution < -0.4 is 5.56 Å². The fourth-order valence-electron chi connectivity index (χ4n) is 2.78. The number of thiophene rings is 1. The summed E-state index contributed by atoms with van der Waals surface area (Å²) in [7, 11) is 0. The second kappa shape index (κ2) is 7.02. The Morgan fingerprint density at radius 3 is 2.58 bits per heavy atom.